The first kappa shape index (κ1) is 14.5. The van der Waals surface area contributed by atoms with Crippen LogP contribution >= 0.6 is 0 Å². The molecule has 100 valence electrons. The van der Waals surface area contributed by atoms with E-state index in [2.05, 4.69) is 18.7 Å². The highest BCUT2D eigenvalue weighted by molar-refractivity contribution is 5.69. The first-order chi connectivity index (χ1) is 8.67. The number of nitrogens with one attached hydrogen (secondary N) is 1. The Hall–Kier alpha value is -1.59. The van der Waals surface area contributed by atoms with Gasteiger partial charge in [0.15, 0.2) is 0 Å². The summed E-state index contributed by atoms with van der Waals surface area (Å²) in [5, 5.41) is 0. The van der Waals surface area contributed by atoms with E-state index in [0.717, 1.165) is 12.2 Å². The summed E-state index contributed by atoms with van der Waals surface area (Å²) in [6.07, 6.45) is 1.26. The van der Waals surface area contributed by atoms with Gasteiger partial charge in [-0.3, -0.25) is 4.79 Å². The molecule has 0 saturated heterocycles. The van der Waals surface area contributed by atoms with Crippen molar-refractivity contribution < 1.29 is 14.4 Å². The standard InChI is InChI=1S/C13H20N2O3/c1-3-10(2)11-4-6-12(7-5-11)17-9-8-13(16)18-15-14/h4-7,10,15H,3,8-9,14H2,1-2H3. The minimum Gasteiger partial charge on any atom is -0.493 e. The zero-order valence-electron chi connectivity index (χ0n) is 10.8. The number of ether oxygens (including phenoxy) is 1. The van der Waals surface area contributed by atoms with Crippen molar-refractivity contribution in [2.24, 2.45) is 5.84 Å². The van der Waals surface area contributed by atoms with Gasteiger partial charge in [-0.1, -0.05) is 31.6 Å². The van der Waals surface area contributed by atoms with Crippen LogP contribution in [0.2, 0.25) is 0 Å². The first-order valence-electron chi connectivity index (χ1n) is 6.05. The fraction of sp³-hybridized carbons (Fsp3) is 0.462. The normalized spacial score (nSPS) is 11.9. The largest absolute Gasteiger partial charge is 0.493 e. The zero-order valence-corrected chi connectivity index (χ0v) is 10.8. The molecular formula is C13H20N2O3. The van der Waals surface area contributed by atoms with Gasteiger partial charge in [0.25, 0.3) is 0 Å². The molecule has 1 atom stereocenters. The van der Waals surface area contributed by atoms with Crippen LogP contribution in [-0.4, -0.2) is 12.6 Å². The Morgan fingerprint density at radius 3 is 2.61 bits per heavy atom. The van der Waals surface area contributed by atoms with Gasteiger partial charge < -0.3 is 9.57 Å². The third kappa shape index (κ3) is 4.73. The van der Waals surface area contributed by atoms with Crippen LogP contribution in [-0.2, 0) is 9.63 Å². The van der Waals surface area contributed by atoms with Crippen molar-refractivity contribution in [2.45, 2.75) is 32.6 Å². The SMILES string of the molecule is CCC(C)c1ccc(OCCC(=O)ONN)cc1. The molecule has 0 fully saturated rings. The summed E-state index contributed by atoms with van der Waals surface area (Å²) < 4.78 is 5.42. The van der Waals surface area contributed by atoms with Gasteiger partial charge in [-0.05, 0) is 30.0 Å². The molecule has 0 aliphatic carbocycles. The van der Waals surface area contributed by atoms with Crippen LogP contribution in [0.3, 0.4) is 0 Å². The molecule has 0 bridgehead atoms. The second kappa shape index (κ2) is 7.68. The van der Waals surface area contributed by atoms with Crippen molar-refractivity contribution >= 4 is 5.97 Å². The summed E-state index contributed by atoms with van der Waals surface area (Å²) in [6.45, 7) is 4.61. The van der Waals surface area contributed by atoms with E-state index < -0.39 is 5.97 Å². The highest BCUT2D eigenvalue weighted by Crippen LogP contribution is 2.21. The van der Waals surface area contributed by atoms with Gasteiger partial charge in [-0.15, -0.1) is 0 Å². The number of rotatable bonds is 7. The lowest BCUT2D eigenvalue weighted by Crippen LogP contribution is -2.26. The van der Waals surface area contributed by atoms with Gasteiger partial charge in [0.1, 0.15) is 5.75 Å². The van der Waals surface area contributed by atoms with Crippen LogP contribution in [0.25, 0.3) is 0 Å². The van der Waals surface area contributed by atoms with Crippen molar-refractivity contribution in [1.29, 1.82) is 0 Å². The van der Waals surface area contributed by atoms with Crippen LogP contribution in [0.4, 0.5) is 0 Å². The highest BCUT2D eigenvalue weighted by atomic mass is 16.7. The lowest BCUT2D eigenvalue weighted by Gasteiger charge is -2.10. The Labute approximate surface area is 107 Å². The molecule has 0 aliphatic rings. The second-order valence-corrected chi connectivity index (χ2v) is 4.07. The van der Waals surface area contributed by atoms with E-state index in [1.807, 2.05) is 29.9 Å². The molecule has 0 aromatic heterocycles. The van der Waals surface area contributed by atoms with Crippen LogP contribution in [0.1, 0.15) is 38.2 Å². The molecule has 5 nitrogen and oxygen atoms in total. The van der Waals surface area contributed by atoms with E-state index in [9.17, 15) is 4.79 Å². The predicted octanol–water partition coefficient (Wildman–Crippen LogP) is 1.89. The van der Waals surface area contributed by atoms with Gasteiger partial charge in [-0.25, -0.2) is 5.84 Å². The predicted molar refractivity (Wildman–Crippen MR) is 68.7 cm³/mol. The smallest absolute Gasteiger partial charge is 0.329 e. The summed E-state index contributed by atoms with van der Waals surface area (Å²) in [4.78, 5) is 15.3. The summed E-state index contributed by atoms with van der Waals surface area (Å²) in [5.41, 5.74) is 3.13. The third-order valence-electron chi connectivity index (χ3n) is 2.81. The van der Waals surface area contributed by atoms with Gasteiger partial charge >= 0.3 is 5.97 Å². The van der Waals surface area contributed by atoms with Crippen LogP contribution in [0.5, 0.6) is 5.75 Å². The van der Waals surface area contributed by atoms with Gasteiger partial charge in [-0.2, -0.15) is 0 Å². The van der Waals surface area contributed by atoms with Crippen LogP contribution < -0.4 is 16.2 Å². The number of hydrogen-bond donors (Lipinski definition) is 2. The van der Waals surface area contributed by atoms with E-state index in [1.165, 1.54) is 5.56 Å². The number of hydrogen-bond acceptors (Lipinski definition) is 5. The topological polar surface area (TPSA) is 73.6 Å². The fourth-order valence-electron chi connectivity index (χ4n) is 1.50. The molecule has 0 heterocycles. The Balaban J connectivity index is 2.37. The molecule has 0 saturated carbocycles. The lowest BCUT2D eigenvalue weighted by molar-refractivity contribution is -0.151. The van der Waals surface area contributed by atoms with E-state index in [-0.39, 0.29) is 13.0 Å². The molecule has 0 amide bonds. The average molecular weight is 252 g/mol. The number of benzene rings is 1. The monoisotopic (exact) mass is 252 g/mol. The van der Waals surface area contributed by atoms with E-state index in [4.69, 9.17) is 10.6 Å². The van der Waals surface area contributed by atoms with Crippen molar-refractivity contribution in [3.05, 3.63) is 29.8 Å². The molecule has 3 N–H and O–H groups in total. The Morgan fingerprint density at radius 2 is 2.06 bits per heavy atom. The first-order valence-corrected chi connectivity index (χ1v) is 6.05. The summed E-state index contributed by atoms with van der Waals surface area (Å²) in [7, 11) is 0. The number of carbonyl (C=O) groups excluding carboxylic acids is 1. The molecule has 1 aromatic carbocycles. The maximum absolute atomic E-state index is 11.0. The Kier molecular flexibility index (Phi) is 6.18. The van der Waals surface area contributed by atoms with Crippen LogP contribution in [0.15, 0.2) is 24.3 Å². The Morgan fingerprint density at radius 1 is 1.39 bits per heavy atom. The van der Waals surface area contributed by atoms with Crippen molar-refractivity contribution in [3.63, 3.8) is 0 Å². The van der Waals surface area contributed by atoms with Crippen LogP contribution in [0, 0.1) is 0 Å². The zero-order chi connectivity index (χ0) is 13.4. The molecule has 1 rings (SSSR count). The molecule has 1 unspecified atom stereocenters. The maximum atomic E-state index is 11.0. The number of hydrazine groups is 1. The minimum absolute atomic E-state index is 0.150. The molecule has 0 spiro atoms. The van der Waals surface area contributed by atoms with Crippen molar-refractivity contribution in [2.75, 3.05) is 6.61 Å². The van der Waals surface area contributed by atoms with E-state index in [0.29, 0.717) is 5.92 Å². The average Bonchev–Trinajstić information content (AvgIpc) is 2.39. The van der Waals surface area contributed by atoms with E-state index in [1.54, 1.807) is 0 Å². The van der Waals surface area contributed by atoms with Crippen molar-refractivity contribution in [3.8, 4) is 5.75 Å². The molecule has 0 radical (unpaired) electrons. The molecule has 1 aromatic rings. The quantitative estimate of drug-likeness (QED) is 0.572. The Bertz CT molecular complexity index is 365. The molecule has 18 heavy (non-hydrogen) atoms. The molecule has 0 aliphatic heterocycles. The minimum atomic E-state index is -0.450. The summed E-state index contributed by atoms with van der Waals surface area (Å²) >= 11 is 0. The van der Waals surface area contributed by atoms with Crippen molar-refractivity contribution in [1.82, 2.24) is 5.59 Å². The lowest BCUT2D eigenvalue weighted by atomic mass is 9.99. The number of nitrogens with two attached hydrogens (primary N) is 1. The summed E-state index contributed by atoms with van der Waals surface area (Å²) in [6, 6.07) is 7.91. The maximum Gasteiger partial charge on any atom is 0.329 e. The highest BCUT2D eigenvalue weighted by Gasteiger charge is 2.04. The second-order valence-electron chi connectivity index (χ2n) is 4.07. The van der Waals surface area contributed by atoms with Gasteiger partial charge in [0.05, 0.1) is 13.0 Å². The van der Waals surface area contributed by atoms with E-state index >= 15 is 0 Å². The van der Waals surface area contributed by atoms with Gasteiger partial charge in [0.2, 0.25) is 0 Å². The third-order valence-corrected chi connectivity index (χ3v) is 2.81. The number of carbonyl (C=O) groups is 1. The molecular weight excluding hydrogens is 232 g/mol. The fourth-order valence-corrected chi connectivity index (χ4v) is 1.50. The van der Waals surface area contributed by atoms with Gasteiger partial charge in [0, 0.05) is 0 Å². The summed E-state index contributed by atoms with van der Waals surface area (Å²) in [5.74, 6) is 5.68. The molecule has 5 heteroatoms.